The third-order valence-corrected chi connectivity index (χ3v) is 3.40. The zero-order valence-electron chi connectivity index (χ0n) is 10.7. The minimum Gasteiger partial charge on any atom is -0.374 e. The fourth-order valence-corrected chi connectivity index (χ4v) is 1.96. The standard InChI is InChI=1S/C15H23NO/c1-2-16-11-10-13-6-8-14(9-7-13)12-17-15-4-3-5-15/h6-9,15-16H,2-5,10-12H2,1H3. The summed E-state index contributed by atoms with van der Waals surface area (Å²) in [4.78, 5) is 0. The molecule has 0 aromatic heterocycles. The highest BCUT2D eigenvalue weighted by molar-refractivity contribution is 5.22. The number of benzene rings is 1. The SMILES string of the molecule is CCNCCc1ccc(COC2CCC2)cc1. The summed E-state index contributed by atoms with van der Waals surface area (Å²) in [5, 5.41) is 3.34. The fourth-order valence-electron chi connectivity index (χ4n) is 1.96. The van der Waals surface area contributed by atoms with Gasteiger partial charge in [-0.1, -0.05) is 31.2 Å². The van der Waals surface area contributed by atoms with Crippen LogP contribution in [0.15, 0.2) is 24.3 Å². The van der Waals surface area contributed by atoms with Crippen LogP contribution in [0.25, 0.3) is 0 Å². The minimum absolute atomic E-state index is 0.531. The Morgan fingerprint density at radius 3 is 2.47 bits per heavy atom. The van der Waals surface area contributed by atoms with Gasteiger partial charge in [-0.05, 0) is 49.9 Å². The van der Waals surface area contributed by atoms with E-state index >= 15 is 0 Å². The maximum atomic E-state index is 5.79. The number of hydrogen-bond acceptors (Lipinski definition) is 2. The summed E-state index contributed by atoms with van der Waals surface area (Å²) >= 11 is 0. The molecule has 0 spiro atoms. The maximum Gasteiger partial charge on any atom is 0.0720 e. The molecule has 1 aliphatic carbocycles. The lowest BCUT2D eigenvalue weighted by molar-refractivity contribution is -0.00866. The van der Waals surface area contributed by atoms with Crippen molar-refractivity contribution in [1.82, 2.24) is 5.32 Å². The van der Waals surface area contributed by atoms with E-state index in [1.54, 1.807) is 0 Å². The Hall–Kier alpha value is -0.860. The largest absolute Gasteiger partial charge is 0.374 e. The second-order valence-corrected chi connectivity index (χ2v) is 4.78. The van der Waals surface area contributed by atoms with Crippen molar-refractivity contribution in [3.63, 3.8) is 0 Å². The van der Waals surface area contributed by atoms with Crippen LogP contribution in [0.2, 0.25) is 0 Å². The molecule has 0 saturated heterocycles. The summed E-state index contributed by atoms with van der Waals surface area (Å²) in [5.41, 5.74) is 2.70. The van der Waals surface area contributed by atoms with Crippen molar-refractivity contribution in [2.45, 2.75) is 45.3 Å². The van der Waals surface area contributed by atoms with Crippen LogP contribution in [-0.4, -0.2) is 19.2 Å². The van der Waals surface area contributed by atoms with Crippen LogP contribution in [0.1, 0.15) is 37.3 Å². The molecule has 2 rings (SSSR count). The average Bonchev–Trinajstić information content (AvgIpc) is 2.29. The number of nitrogens with one attached hydrogen (secondary N) is 1. The van der Waals surface area contributed by atoms with Gasteiger partial charge in [0.05, 0.1) is 12.7 Å². The van der Waals surface area contributed by atoms with Crippen LogP contribution in [0.5, 0.6) is 0 Å². The van der Waals surface area contributed by atoms with Crippen molar-refractivity contribution in [1.29, 1.82) is 0 Å². The molecule has 17 heavy (non-hydrogen) atoms. The molecule has 94 valence electrons. The maximum absolute atomic E-state index is 5.79. The molecule has 0 aliphatic heterocycles. The Morgan fingerprint density at radius 1 is 1.18 bits per heavy atom. The van der Waals surface area contributed by atoms with Crippen molar-refractivity contribution in [2.75, 3.05) is 13.1 Å². The summed E-state index contributed by atoms with van der Waals surface area (Å²) in [6, 6.07) is 8.83. The summed E-state index contributed by atoms with van der Waals surface area (Å²) < 4.78 is 5.79. The van der Waals surface area contributed by atoms with Crippen LogP contribution in [0.4, 0.5) is 0 Å². The van der Waals surface area contributed by atoms with Gasteiger partial charge in [-0.2, -0.15) is 0 Å². The first-order valence-electron chi connectivity index (χ1n) is 6.78. The minimum atomic E-state index is 0.531. The van der Waals surface area contributed by atoms with Gasteiger partial charge < -0.3 is 10.1 Å². The molecule has 1 fully saturated rings. The van der Waals surface area contributed by atoms with E-state index in [4.69, 9.17) is 4.74 Å². The predicted octanol–water partition coefficient (Wildman–Crippen LogP) is 2.91. The Labute approximate surface area is 104 Å². The molecule has 0 heterocycles. The highest BCUT2D eigenvalue weighted by Crippen LogP contribution is 2.23. The fraction of sp³-hybridized carbons (Fsp3) is 0.600. The molecule has 1 aliphatic rings. The lowest BCUT2D eigenvalue weighted by Crippen LogP contribution is -2.21. The smallest absolute Gasteiger partial charge is 0.0720 e. The van der Waals surface area contributed by atoms with Crippen molar-refractivity contribution >= 4 is 0 Å². The first-order valence-corrected chi connectivity index (χ1v) is 6.78. The van der Waals surface area contributed by atoms with Gasteiger partial charge in [0.2, 0.25) is 0 Å². The van der Waals surface area contributed by atoms with E-state index in [2.05, 4.69) is 36.5 Å². The van der Waals surface area contributed by atoms with Gasteiger partial charge in [0, 0.05) is 0 Å². The van der Waals surface area contributed by atoms with Gasteiger partial charge >= 0.3 is 0 Å². The highest BCUT2D eigenvalue weighted by Gasteiger charge is 2.17. The Balaban J connectivity index is 1.72. The topological polar surface area (TPSA) is 21.3 Å². The number of rotatable bonds is 7. The molecule has 0 bridgehead atoms. The first-order chi connectivity index (χ1) is 8.38. The average molecular weight is 233 g/mol. The van der Waals surface area contributed by atoms with Gasteiger partial charge in [0.1, 0.15) is 0 Å². The molecule has 0 atom stereocenters. The first kappa shape index (κ1) is 12.6. The monoisotopic (exact) mass is 233 g/mol. The molecule has 2 nitrogen and oxygen atoms in total. The second-order valence-electron chi connectivity index (χ2n) is 4.78. The Morgan fingerprint density at radius 2 is 1.88 bits per heavy atom. The highest BCUT2D eigenvalue weighted by atomic mass is 16.5. The molecule has 1 aromatic carbocycles. The number of hydrogen-bond donors (Lipinski definition) is 1. The van der Waals surface area contributed by atoms with Crippen LogP contribution in [-0.2, 0) is 17.8 Å². The normalized spacial score (nSPS) is 15.8. The van der Waals surface area contributed by atoms with Crippen LogP contribution in [0, 0.1) is 0 Å². The Bertz CT molecular complexity index is 316. The molecule has 1 aromatic rings. The van der Waals surface area contributed by atoms with E-state index in [-0.39, 0.29) is 0 Å². The van der Waals surface area contributed by atoms with Crippen molar-refractivity contribution in [2.24, 2.45) is 0 Å². The van der Waals surface area contributed by atoms with Gasteiger partial charge in [-0.15, -0.1) is 0 Å². The van der Waals surface area contributed by atoms with E-state index < -0.39 is 0 Å². The zero-order chi connectivity index (χ0) is 11.9. The van der Waals surface area contributed by atoms with Crippen molar-refractivity contribution < 1.29 is 4.74 Å². The molecular formula is C15H23NO. The number of likely N-dealkylation sites (N-methyl/N-ethyl adjacent to an activating group) is 1. The quantitative estimate of drug-likeness (QED) is 0.731. The molecule has 1 N–H and O–H groups in total. The Kier molecular flexibility index (Phi) is 5.02. The zero-order valence-corrected chi connectivity index (χ0v) is 10.7. The van der Waals surface area contributed by atoms with Gasteiger partial charge in [0.25, 0.3) is 0 Å². The lowest BCUT2D eigenvalue weighted by Gasteiger charge is -2.25. The van der Waals surface area contributed by atoms with Crippen LogP contribution >= 0.6 is 0 Å². The van der Waals surface area contributed by atoms with Crippen molar-refractivity contribution in [3.05, 3.63) is 35.4 Å². The second kappa shape index (κ2) is 6.77. The molecule has 2 heteroatoms. The molecule has 0 radical (unpaired) electrons. The lowest BCUT2D eigenvalue weighted by atomic mass is 9.96. The summed E-state index contributed by atoms with van der Waals surface area (Å²) in [5.74, 6) is 0. The summed E-state index contributed by atoms with van der Waals surface area (Å²) in [7, 11) is 0. The summed E-state index contributed by atoms with van der Waals surface area (Å²) in [6.07, 6.45) is 5.48. The van der Waals surface area contributed by atoms with Crippen molar-refractivity contribution in [3.8, 4) is 0 Å². The molecule has 1 saturated carbocycles. The third-order valence-electron chi connectivity index (χ3n) is 3.40. The van der Waals surface area contributed by atoms with Crippen LogP contribution < -0.4 is 5.32 Å². The van der Waals surface area contributed by atoms with Gasteiger partial charge in [0.15, 0.2) is 0 Å². The predicted molar refractivity (Wildman–Crippen MR) is 71.1 cm³/mol. The van der Waals surface area contributed by atoms with E-state index in [0.29, 0.717) is 6.10 Å². The van der Waals surface area contributed by atoms with E-state index in [0.717, 1.165) is 26.1 Å². The van der Waals surface area contributed by atoms with Gasteiger partial charge in [-0.25, -0.2) is 0 Å². The van der Waals surface area contributed by atoms with Crippen LogP contribution in [0.3, 0.4) is 0 Å². The van der Waals surface area contributed by atoms with E-state index in [1.165, 1.54) is 30.4 Å². The van der Waals surface area contributed by atoms with E-state index in [9.17, 15) is 0 Å². The van der Waals surface area contributed by atoms with E-state index in [1.807, 2.05) is 0 Å². The molecule has 0 amide bonds. The number of ether oxygens (including phenoxy) is 1. The third kappa shape index (κ3) is 4.14. The molecular weight excluding hydrogens is 210 g/mol. The summed E-state index contributed by atoms with van der Waals surface area (Å²) in [6.45, 7) is 5.03. The van der Waals surface area contributed by atoms with Gasteiger partial charge in [-0.3, -0.25) is 0 Å². The molecule has 0 unspecified atom stereocenters.